The van der Waals surface area contributed by atoms with Crippen molar-refractivity contribution >= 4 is 5.97 Å². The summed E-state index contributed by atoms with van der Waals surface area (Å²) in [5.41, 5.74) is 0. The highest BCUT2D eigenvalue weighted by atomic mass is 16.7. The van der Waals surface area contributed by atoms with Gasteiger partial charge in [0, 0.05) is 13.1 Å². The Morgan fingerprint density at radius 3 is 1.68 bits per heavy atom. The first-order valence-corrected chi connectivity index (χ1v) is 13.5. The Labute approximate surface area is 194 Å². The number of hydrogen-bond donors (Lipinski definition) is 1. The van der Waals surface area contributed by atoms with Crippen LogP contribution in [0.15, 0.2) is 0 Å². The quantitative estimate of drug-likeness (QED) is 0.138. The molecule has 0 fully saturated rings. The molecule has 4 nitrogen and oxygen atoms in total. The number of hydrogen-bond acceptors (Lipinski definition) is 4. The van der Waals surface area contributed by atoms with Gasteiger partial charge in [-0.15, -0.1) is 5.06 Å². The highest BCUT2D eigenvalue weighted by Gasteiger charge is 2.16. The van der Waals surface area contributed by atoms with E-state index in [1.165, 1.54) is 64.2 Å². The molecule has 4 heteroatoms. The molecule has 0 aromatic heterocycles. The molecular formula is C27H55NO3. The molecule has 0 aromatic rings. The van der Waals surface area contributed by atoms with Crippen molar-refractivity contribution in [2.24, 2.45) is 11.8 Å². The Morgan fingerprint density at radius 2 is 1.16 bits per heavy atom. The van der Waals surface area contributed by atoms with E-state index in [4.69, 9.17) is 4.84 Å². The predicted molar refractivity (Wildman–Crippen MR) is 133 cm³/mol. The Morgan fingerprint density at radius 1 is 0.710 bits per heavy atom. The summed E-state index contributed by atoms with van der Waals surface area (Å²) in [6.07, 6.45) is 16.9. The number of hydroxylamine groups is 2. The number of nitrogens with zero attached hydrogens (tertiary/aromatic N) is 1. The summed E-state index contributed by atoms with van der Waals surface area (Å²) < 4.78 is 0. The van der Waals surface area contributed by atoms with E-state index in [0.717, 1.165) is 50.6 Å². The van der Waals surface area contributed by atoms with Crippen molar-refractivity contribution in [2.45, 2.75) is 143 Å². The van der Waals surface area contributed by atoms with Crippen LogP contribution in [0.2, 0.25) is 0 Å². The van der Waals surface area contributed by atoms with E-state index >= 15 is 0 Å². The smallest absolute Gasteiger partial charge is 0.327 e. The van der Waals surface area contributed by atoms with Gasteiger partial charge in [-0.3, -0.25) is 4.79 Å². The minimum absolute atomic E-state index is 0.117. The van der Waals surface area contributed by atoms with Crippen LogP contribution in [0.1, 0.15) is 137 Å². The van der Waals surface area contributed by atoms with Gasteiger partial charge in [0.15, 0.2) is 0 Å². The minimum atomic E-state index is -0.572. The average molecular weight is 442 g/mol. The third kappa shape index (κ3) is 22.4. The van der Waals surface area contributed by atoms with Gasteiger partial charge >= 0.3 is 5.97 Å². The van der Waals surface area contributed by atoms with Crippen molar-refractivity contribution in [2.75, 3.05) is 13.1 Å². The van der Waals surface area contributed by atoms with Crippen molar-refractivity contribution in [3.63, 3.8) is 0 Å². The highest BCUT2D eigenvalue weighted by Crippen LogP contribution is 2.14. The van der Waals surface area contributed by atoms with E-state index in [2.05, 4.69) is 34.6 Å². The molecule has 0 aliphatic rings. The van der Waals surface area contributed by atoms with Gasteiger partial charge in [-0.2, -0.15) is 0 Å². The van der Waals surface area contributed by atoms with Crippen LogP contribution in [0.5, 0.6) is 0 Å². The molecular weight excluding hydrogens is 386 g/mol. The molecule has 0 spiro atoms. The first kappa shape index (κ1) is 30.4. The molecule has 1 atom stereocenters. The molecule has 0 aliphatic carbocycles. The fourth-order valence-electron chi connectivity index (χ4n) is 3.87. The zero-order valence-corrected chi connectivity index (χ0v) is 21.7. The van der Waals surface area contributed by atoms with Gasteiger partial charge in [0.05, 0.1) is 12.5 Å². The summed E-state index contributed by atoms with van der Waals surface area (Å²) in [5, 5.41) is 12.1. The lowest BCUT2D eigenvalue weighted by atomic mass is 10.0. The van der Waals surface area contributed by atoms with E-state index in [1.807, 2.05) is 5.06 Å². The maximum Gasteiger partial charge on any atom is 0.327 e. The van der Waals surface area contributed by atoms with Crippen molar-refractivity contribution in [3.8, 4) is 0 Å². The molecule has 186 valence electrons. The summed E-state index contributed by atoms with van der Waals surface area (Å²) >= 11 is 0. The number of aliphatic hydroxyl groups is 1. The fraction of sp³-hybridized carbons (Fsp3) is 0.963. The SMILES string of the molecule is CCCCCCCCC(O)CC(=O)ON(CCCCCC(C)C)CCCCCC(C)C. The molecule has 0 bridgehead atoms. The predicted octanol–water partition coefficient (Wildman–Crippen LogP) is 7.68. The second-order valence-electron chi connectivity index (χ2n) is 10.3. The van der Waals surface area contributed by atoms with Crippen LogP contribution < -0.4 is 0 Å². The lowest BCUT2D eigenvalue weighted by molar-refractivity contribution is -0.193. The van der Waals surface area contributed by atoms with Gasteiger partial charge in [0.1, 0.15) is 0 Å². The highest BCUT2D eigenvalue weighted by molar-refractivity contribution is 5.69. The lowest BCUT2D eigenvalue weighted by Crippen LogP contribution is -2.31. The van der Waals surface area contributed by atoms with Crippen LogP contribution in [0, 0.1) is 11.8 Å². The number of carbonyl (C=O) groups excluding carboxylic acids is 1. The summed E-state index contributed by atoms with van der Waals surface area (Å²) in [6.45, 7) is 12.9. The molecule has 0 saturated carbocycles. The third-order valence-corrected chi connectivity index (χ3v) is 5.90. The molecule has 0 radical (unpaired) electrons. The average Bonchev–Trinajstić information content (AvgIpc) is 2.69. The Bertz CT molecular complexity index is 380. The Hall–Kier alpha value is -0.610. The molecule has 0 aromatic carbocycles. The standard InChI is InChI=1S/C27H55NO3/c1-6-7-8-9-10-15-20-26(29)23-27(30)31-28(21-16-11-13-18-24(2)3)22-17-12-14-19-25(4)5/h24-26,29H,6-23H2,1-5H3. The van der Waals surface area contributed by atoms with Gasteiger partial charge in [0.2, 0.25) is 0 Å². The monoisotopic (exact) mass is 441 g/mol. The van der Waals surface area contributed by atoms with Crippen molar-refractivity contribution in [1.82, 2.24) is 5.06 Å². The van der Waals surface area contributed by atoms with Gasteiger partial charge < -0.3 is 9.94 Å². The minimum Gasteiger partial charge on any atom is -0.393 e. The molecule has 1 N–H and O–H groups in total. The molecule has 0 amide bonds. The van der Waals surface area contributed by atoms with Crippen molar-refractivity contribution < 1.29 is 14.7 Å². The summed E-state index contributed by atoms with van der Waals surface area (Å²) in [7, 11) is 0. The lowest BCUT2D eigenvalue weighted by Gasteiger charge is -2.22. The number of rotatable bonds is 22. The molecule has 0 aliphatic heterocycles. The van der Waals surface area contributed by atoms with E-state index in [-0.39, 0.29) is 12.4 Å². The van der Waals surface area contributed by atoms with E-state index in [1.54, 1.807) is 0 Å². The second kappa shape index (κ2) is 21.2. The summed E-state index contributed by atoms with van der Waals surface area (Å²) in [6, 6.07) is 0. The van der Waals surface area contributed by atoms with E-state index < -0.39 is 6.10 Å². The van der Waals surface area contributed by atoms with Crippen molar-refractivity contribution in [3.05, 3.63) is 0 Å². The molecule has 0 rings (SSSR count). The normalized spacial score (nSPS) is 12.8. The zero-order chi connectivity index (χ0) is 23.3. The molecule has 0 heterocycles. The summed E-state index contributed by atoms with van der Waals surface area (Å²) in [4.78, 5) is 18.0. The second-order valence-corrected chi connectivity index (χ2v) is 10.3. The van der Waals surface area contributed by atoms with Crippen LogP contribution in [0.3, 0.4) is 0 Å². The first-order chi connectivity index (χ1) is 14.8. The third-order valence-electron chi connectivity index (χ3n) is 5.90. The van der Waals surface area contributed by atoms with Gasteiger partial charge in [-0.25, -0.2) is 0 Å². The Balaban J connectivity index is 4.19. The van der Waals surface area contributed by atoms with Crippen LogP contribution in [0.25, 0.3) is 0 Å². The number of unbranched alkanes of at least 4 members (excludes halogenated alkanes) is 9. The summed E-state index contributed by atoms with van der Waals surface area (Å²) in [5.74, 6) is 1.23. The van der Waals surface area contributed by atoms with Crippen LogP contribution in [-0.2, 0) is 9.63 Å². The molecule has 0 saturated heterocycles. The maximum absolute atomic E-state index is 12.4. The fourth-order valence-corrected chi connectivity index (χ4v) is 3.87. The first-order valence-electron chi connectivity index (χ1n) is 13.5. The molecule has 1 unspecified atom stereocenters. The van der Waals surface area contributed by atoms with Crippen LogP contribution in [0.4, 0.5) is 0 Å². The Kier molecular flexibility index (Phi) is 20.8. The maximum atomic E-state index is 12.4. The van der Waals surface area contributed by atoms with Crippen molar-refractivity contribution in [1.29, 1.82) is 0 Å². The largest absolute Gasteiger partial charge is 0.393 e. The number of carbonyl (C=O) groups is 1. The van der Waals surface area contributed by atoms with Gasteiger partial charge in [0.25, 0.3) is 0 Å². The van der Waals surface area contributed by atoms with E-state index in [9.17, 15) is 9.90 Å². The molecule has 31 heavy (non-hydrogen) atoms. The van der Waals surface area contributed by atoms with Crippen LogP contribution in [-0.4, -0.2) is 35.3 Å². The van der Waals surface area contributed by atoms with Crippen LogP contribution >= 0.6 is 0 Å². The van der Waals surface area contributed by atoms with E-state index in [0.29, 0.717) is 6.42 Å². The van der Waals surface area contributed by atoms with Gasteiger partial charge in [-0.1, -0.05) is 112 Å². The zero-order valence-electron chi connectivity index (χ0n) is 21.7. The topological polar surface area (TPSA) is 49.8 Å². The van der Waals surface area contributed by atoms with Gasteiger partial charge in [-0.05, 0) is 31.1 Å². The number of aliphatic hydroxyl groups excluding tert-OH is 1.